The molecule has 1 amide bonds. The number of nitrogens with one attached hydrogen (secondary N) is 2. The Balaban J connectivity index is 2.41. The van der Waals surface area contributed by atoms with E-state index in [1.807, 2.05) is 12.1 Å². The van der Waals surface area contributed by atoms with Gasteiger partial charge in [0.05, 0.1) is 6.42 Å². The van der Waals surface area contributed by atoms with Crippen molar-refractivity contribution in [3.63, 3.8) is 0 Å². The third-order valence-corrected chi connectivity index (χ3v) is 3.25. The lowest BCUT2D eigenvalue weighted by molar-refractivity contribution is -0.119. The third-order valence-electron chi connectivity index (χ3n) is 3.25. The summed E-state index contributed by atoms with van der Waals surface area (Å²) in [5, 5.41) is 6.13. The van der Waals surface area contributed by atoms with Crippen LogP contribution in [-0.2, 0) is 11.2 Å². The predicted octanol–water partition coefficient (Wildman–Crippen LogP) is 3.36. The summed E-state index contributed by atoms with van der Waals surface area (Å²) >= 11 is 0. The minimum Gasteiger partial charge on any atom is -0.383 e. The highest BCUT2D eigenvalue weighted by atomic mass is 16.1. The fourth-order valence-corrected chi connectivity index (χ4v) is 2.05. The van der Waals surface area contributed by atoms with Crippen LogP contribution in [0.3, 0.4) is 0 Å². The monoisotopic (exact) mass is 262 g/mol. The van der Waals surface area contributed by atoms with Crippen molar-refractivity contribution in [2.75, 3.05) is 12.4 Å². The van der Waals surface area contributed by atoms with E-state index in [-0.39, 0.29) is 5.91 Å². The van der Waals surface area contributed by atoms with E-state index in [9.17, 15) is 4.79 Å². The van der Waals surface area contributed by atoms with Crippen LogP contribution in [0.5, 0.6) is 0 Å². The number of benzene rings is 1. The Morgan fingerprint density at radius 2 is 1.89 bits per heavy atom. The van der Waals surface area contributed by atoms with Crippen LogP contribution < -0.4 is 10.6 Å². The first-order valence-corrected chi connectivity index (χ1v) is 7.21. The third kappa shape index (κ3) is 6.27. The highest BCUT2D eigenvalue weighted by molar-refractivity contribution is 5.78. The van der Waals surface area contributed by atoms with E-state index in [0.717, 1.165) is 11.3 Å². The van der Waals surface area contributed by atoms with Gasteiger partial charge in [-0.3, -0.25) is 4.79 Å². The Morgan fingerprint density at radius 3 is 2.47 bits per heavy atom. The van der Waals surface area contributed by atoms with Gasteiger partial charge in [0.25, 0.3) is 0 Å². The molecular weight excluding hydrogens is 236 g/mol. The molecule has 2 N–H and O–H groups in total. The second-order valence-corrected chi connectivity index (χ2v) is 5.09. The Kier molecular flexibility index (Phi) is 7.01. The van der Waals surface area contributed by atoms with Crippen molar-refractivity contribution in [1.29, 1.82) is 0 Å². The lowest BCUT2D eigenvalue weighted by Crippen LogP contribution is -2.20. The quantitative estimate of drug-likeness (QED) is 0.705. The summed E-state index contributed by atoms with van der Waals surface area (Å²) in [7, 11) is 1.66. The van der Waals surface area contributed by atoms with Crippen molar-refractivity contribution in [3.05, 3.63) is 29.8 Å². The van der Waals surface area contributed by atoms with E-state index >= 15 is 0 Å². The molecule has 106 valence electrons. The Hall–Kier alpha value is -1.51. The van der Waals surface area contributed by atoms with Crippen molar-refractivity contribution in [3.8, 4) is 0 Å². The Labute approximate surface area is 116 Å². The molecule has 1 atom stereocenters. The van der Waals surface area contributed by atoms with Crippen molar-refractivity contribution in [1.82, 2.24) is 5.32 Å². The van der Waals surface area contributed by atoms with E-state index in [0.29, 0.717) is 12.5 Å². The SMILES string of the molecule is CCCCCC(C)Nc1ccc(CC(=O)NC)cc1. The molecule has 0 aliphatic heterocycles. The van der Waals surface area contributed by atoms with Crippen LogP contribution in [0.25, 0.3) is 0 Å². The Bertz CT molecular complexity index is 373. The minimum absolute atomic E-state index is 0.0497. The van der Waals surface area contributed by atoms with E-state index < -0.39 is 0 Å². The zero-order valence-corrected chi connectivity index (χ0v) is 12.3. The summed E-state index contributed by atoms with van der Waals surface area (Å²) in [5.41, 5.74) is 2.17. The van der Waals surface area contributed by atoms with E-state index in [1.165, 1.54) is 25.7 Å². The van der Waals surface area contributed by atoms with E-state index in [1.54, 1.807) is 7.05 Å². The van der Waals surface area contributed by atoms with Gasteiger partial charge in [-0.1, -0.05) is 38.3 Å². The molecule has 0 saturated carbocycles. The lowest BCUT2D eigenvalue weighted by Gasteiger charge is -2.15. The molecule has 0 heterocycles. The van der Waals surface area contributed by atoms with E-state index in [2.05, 4.69) is 36.6 Å². The first-order chi connectivity index (χ1) is 9.15. The van der Waals surface area contributed by atoms with Gasteiger partial charge in [0.15, 0.2) is 0 Å². The zero-order chi connectivity index (χ0) is 14.1. The number of carbonyl (C=O) groups is 1. The van der Waals surface area contributed by atoms with Crippen LogP contribution >= 0.6 is 0 Å². The molecule has 1 unspecified atom stereocenters. The van der Waals surface area contributed by atoms with Gasteiger partial charge in [-0.25, -0.2) is 0 Å². The number of carbonyl (C=O) groups excluding carboxylic acids is 1. The number of hydrogen-bond acceptors (Lipinski definition) is 2. The number of hydrogen-bond donors (Lipinski definition) is 2. The molecule has 0 fully saturated rings. The molecule has 0 aromatic heterocycles. The number of unbranched alkanes of at least 4 members (excludes halogenated alkanes) is 2. The minimum atomic E-state index is 0.0497. The second kappa shape index (κ2) is 8.57. The van der Waals surface area contributed by atoms with Crippen molar-refractivity contribution < 1.29 is 4.79 Å². The van der Waals surface area contributed by atoms with Crippen molar-refractivity contribution in [2.45, 2.75) is 52.0 Å². The average Bonchev–Trinajstić information content (AvgIpc) is 2.41. The predicted molar refractivity (Wildman–Crippen MR) is 81.4 cm³/mol. The summed E-state index contributed by atoms with van der Waals surface area (Å²) in [6.45, 7) is 4.44. The molecule has 1 aromatic rings. The van der Waals surface area contributed by atoms with Gasteiger partial charge < -0.3 is 10.6 Å². The van der Waals surface area contributed by atoms with Gasteiger partial charge in [0.2, 0.25) is 5.91 Å². The van der Waals surface area contributed by atoms with Crippen LogP contribution in [0.4, 0.5) is 5.69 Å². The highest BCUT2D eigenvalue weighted by Crippen LogP contribution is 2.13. The molecule has 3 heteroatoms. The maximum absolute atomic E-state index is 11.3. The normalized spacial score (nSPS) is 11.9. The molecular formula is C16H26N2O. The highest BCUT2D eigenvalue weighted by Gasteiger charge is 2.03. The van der Waals surface area contributed by atoms with Crippen LogP contribution in [0.2, 0.25) is 0 Å². The molecule has 1 aromatic carbocycles. The number of rotatable bonds is 8. The number of anilines is 1. The van der Waals surface area contributed by atoms with Crippen LogP contribution in [0, 0.1) is 0 Å². The molecule has 0 aliphatic rings. The van der Waals surface area contributed by atoms with Crippen molar-refractivity contribution >= 4 is 11.6 Å². The molecule has 0 spiro atoms. The van der Waals surface area contributed by atoms with Gasteiger partial charge >= 0.3 is 0 Å². The average molecular weight is 262 g/mol. The molecule has 0 saturated heterocycles. The van der Waals surface area contributed by atoms with Gasteiger partial charge in [-0.2, -0.15) is 0 Å². The smallest absolute Gasteiger partial charge is 0.224 e. The van der Waals surface area contributed by atoms with Gasteiger partial charge in [-0.15, -0.1) is 0 Å². The largest absolute Gasteiger partial charge is 0.383 e. The maximum atomic E-state index is 11.3. The van der Waals surface area contributed by atoms with Crippen LogP contribution in [0.15, 0.2) is 24.3 Å². The Morgan fingerprint density at radius 1 is 1.21 bits per heavy atom. The summed E-state index contributed by atoms with van der Waals surface area (Å²) in [5.74, 6) is 0.0497. The standard InChI is InChI=1S/C16H26N2O/c1-4-5-6-7-13(2)18-15-10-8-14(9-11-15)12-16(19)17-3/h8-11,13,18H,4-7,12H2,1-3H3,(H,17,19). The van der Waals surface area contributed by atoms with Crippen LogP contribution in [-0.4, -0.2) is 19.0 Å². The van der Waals surface area contributed by atoms with Crippen molar-refractivity contribution in [2.24, 2.45) is 0 Å². The maximum Gasteiger partial charge on any atom is 0.224 e. The van der Waals surface area contributed by atoms with Gasteiger partial charge in [-0.05, 0) is 31.0 Å². The molecule has 0 bridgehead atoms. The fraction of sp³-hybridized carbons (Fsp3) is 0.562. The molecule has 0 aliphatic carbocycles. The first kappa shape index (κ1) is 15.5. The first-order valence-electron chi connectivity index (χ1n) is 7.21. The molecule has 19 heavy (non-hydrogen) atoms. The van der Waals surface area contributed by atoms with E-state index in [4.69, 9.17) is 0 Å². The molecule has 0 radical (unpaired) electrons. The van der Waals surface area contributed by atoms with Gasteiger partial charge in [0, 0.05) is 18.8 Å². The zero-order valence-electron chi connectivity index (χ0n) is 12.3. The summed E-state index contributed by atoms with van der Waals surface area (Å²) < 4.78 is 0. The van der Waals surface area contributed by atoms with Crippen LogP contribution in [0.1, 0.15) is 45.1 Å². The summed E-state index contributed by atoms with van der Waals surface area (Å²) in [6, 6.07) is 8.62. The number of amides is 1. The summed E-state index contributed by atoms with van der Waals surface area (Å²) in [4.78, 5) is 11.3. The second-order valence-electron chi connectivity index (χ2n) is 5.09. The molecule has 1 rings (SSSR count). The number of likely N-dealkylation sites (N-methyl/N-ethyl adjacent to an activating group) is 1. The summed E-state index contributed by atoms with van der Waals surface area (Å²) in [6.07, 6.45) is 5.49. The molecule has 3 nitrogen and oxygen atoms in total. The van der Waals surface area contributed by atoms with Gasteiger partial charge in [0.1, 0.15) is 0 Å². The fourth-order valence-electron chi connectivity index (χ4n) is 2.05. The lowest BCUT2D eigenvalue weighted by atomic mass is 10.1. The topological polar surface area (TPSA) is 41.1 Å².